The van der Waals surface area contributed by atoms with Crippen LogP contribution in [0.2, 0.25) is 0 Å². The molecule has 5 nitrogen and oxygen atoms in total. The van der Waals surface area contributed by atoms with Crippen molar-refractivity contribution in [3.63, 3.8) is 0 Å². The maximum Gasteiger partial charge on any atom is 0.204 e. The van der Waals surface area contributed by atoms with E-state index in [1.54, 1.807) is 26.6 Å². The van der Waals surface area contributed by atoms with E-state index in [-0.39, 0.29) is 17.2 Å². The summed E-state index contributed by atoms with van der Waals surface area (Å²) in [6, 6.07) is 1.47. The number of ether oxygens (including phenoxy) is 2. The minimum atomic E-state index is -0.167. The van der Waals surface area contributed by atoms with Gasteiger partial charge in [-0.25, -0.2) is 0 Å². The van der Waals surface area contributed by atoms with Gasteiger partial charge in [0.15, 0.2) is 0 Å². The number of rotatable bonds is 5. The molecule has 0 radical (unpaired) electrons. The standard InChI is InChI=1S/C10H16N2O3/c1-14-6-8(7-15-2)12-4-3-10(13)9(11)5-12/h3-5,8H,6-7,11H2,1-2H3. The van der Waals surface area contributed by atoms with Gasteiger partial charge < -0.3 is 19.8 Å². The highest BCUT2D eigenvalue weighted by molar-refractivity contribution is 5.33. The Morgan fingerprint density at radius 3 is 2.47 bits per heavy atom. The number of nitrogen functional groups attached to an aromatic ring is 1. The molecule has 0 spiro atoms. The summed E-state index contributed by atoms with van der Waals surface area (Å²) in [6.07, 6.45) is 3.28. The Kier molecular flexibility index (Phi) is 4.33. The minimum Gasteiger partial charge on any atom is -0.394 e. The fourth-order valence-electron chi connectivity index (χ4n) is 1.35. The highest BCUT2D eigenvalue weighted by atomic mass is 16.5. The first kappa shape index (κ1) is 11.7. The van der Waals surface area contributed by atoms with E-state index in [0.29, 0.717) is 13.2 Å². The number of pyridine rings is 1. The molecular weight excluding hydrogens is 196 g/mol. The highest BCUT2D eigenvalue weighted by Crippen LogP contribution is 2.07. The second kappa shape index (κ2) is 5.53. The number of nitrogens with zero attached hydrogens (tertiary/aromatic N) is 1. The van der Waals surface area contributed by atoms with E-state index in [4.69, 9.17) is 15.2 Å². The molecule has 15 heavy (non-hydrogen) atoms. The zero-order valence-electron chi connectivity index (χ0n) is 8.97. The normalized spacial score (nSPS) is 10.9. The monoisotopic (exact) mass is 212 g/mol. The summed E-state index contributed by atoms with van der Waals surface area (Å²) >= 11 is 0. The molecular formula is C10H16N2O3. The Morgan fingerprint density at radius 2 is 2.00 bits per heavy atom. The zero-order chi connectivity index (χ0) is 11.3. The lowest BCUT2D eigenvalue weighted by Gasteiger charge is -2.19. The van der Waals surface area contributed by atoms with E-state index in [0.717, 1.165) is 0 Å². The largest absolute Gasteiger partial charge is 0.394 e. The van der Waals surface area contributed by atoms with Crippen LogP contribution in [-0.4, -0.2) is 32.0 Å². The van der Waals surface area contributed by atoms with Crippen LogP contribution in [0.5, 0.6) is 0 Å². The van der Waals surface area contributed by atoms with Gasteiger partial charge in [-0.05, 0) is 0 Å². The molecule has 0 atom stereocenters. The molecule has 0 aliphatic rings. The van der Waals surface area contributed by atoms with Gasteiger partial charge in [-0.1, -0.05) is 0 Å². The van der Waals surface area contributed by atoms with Gasteiger partial charge in [0.25, 0.3) is 0 Å². The lowest BCUT2D eigenvalue weighted by Crippen LogP contribution is -2.22. The molecule has 1 aromatic heterocycles. The SMILES string of the molecule is COCC(COC)n1ccc(=O)c(N)c1. The van der Waals surface area contributed by atoms with E-state index in [1.165, 1.54) is 6.07 Å². The van der Waals surface area contributed by atoms with Crippen molar-refractivity contribution in [2.45, 2.75) is 6.04 Å². The number of aromatic nitrogens is 1. The Hall–Kier alpha value is -1.33. The van der Waals surface area contributed by atoms with Crippen LogP contribution in [0.1, 0.15) is 6.04 Å². The van der Waals surface area contributed by atoms with E-state index in [1.807, 2.05) is 4.57 Å². The van der Waals surface area contributed by atoms with E-state index >= 15 is 0 Å². The van der Waals surface area contributed by atoms with Crippen LogP contribution in [0, 0.1) is 0 Å². The molecule has 0 fully saturated rings. The lowest BCUT2D eigenvalue weighted by molar-refractivity contribution is 0.0893. The third-order valence-corrected chi connectivity index (χ3v) is 2.11. The van der Waals surface area contributed by atoms with Crippen LogP contribution in [0.25, 0.3) is 0 Å². The van der Waals surface area contributed by atoms with Crippen molar-refractivity contribution in [1.29, 1.82) is 0 Å². The maximum atomic E-state index is 11.1. The molecule has 1 heterocycles. The fraction of sp³-hybridized carbons (Fsp3) is 0.500. The topological polar surface area (TPSA) is 66.5 Å². The van der Waals surface area contributed by atoms with Crippen LogP contribution in [0.3, 0.4) is 0 Å². The fourth-order valence-corrected chi connectivity index (χ4v) is 1.35. The molecule has 0 amide bonds. The van der Waals surface area contributed by atoms with Gasteiger partial charge in [0.05, 0.1) is 24.9 Å². The summed E-state index contributed by atoms with van der Waals surface area (Å²) in [5, 5.41) is 0. The second-order valence-corrected chi connectivity index (χ2v) is 3.28. The molecule has 0 unspecified atom stereocenters. The van der Waals surface area contributed by atoms with Crippen molar-refractivity contribution in [1.82, 2.24) is 4.57 Å². The Labute approximate surface area is 88.4 Å². The molecule has 5 heteroatoms. The molecule has 1 rings (SSSR count). The summed E-state index contributed by atoms with van der Waals surface area (Å²) < 4.78 is 11.9. The van der Waals surface area contributed by atoms with Crippen molar-refractivity contribution in [2.24, 2.45) is 0 Å². The van der Waals surface area contributed by atoms with Gasteiger partial charge in [0.1, 0.15) is 0 Å². The van der Waals surface area contributed by atoms with Crippen molar-refractivity contribution in [2.75, 3.05) is 33.2 Å². The van der Waals surface area contributed by atoms with Gasteiger partial charge >= 0.3 is 0 Å². The quantitative estimate of drug-likeness (QED) is 0.760. The summed E-state index contributed by atoms with van der Waals surface area (Å²) in [6.45, 7) is 1.02. The first-order valence-corrected chi connectivity index (χ1v) is 4.64. The number of methoxy groups -OCH3 is 2. The minimum absolute atomic E-state index is 0.0305. The average Bonchev–Trinajstić information content (AvgIpc) is 2.22. The first-order valence-electron chi connectivity index (χ1n) is 4.64. The Balaban J connectivity index is 2.90. The van der Waals surface area contributed by atoms with Gasteiger partial charge in [0, 0.05) is 32.7 Å². The van der Waals surface area contributed by atoms with Crippen molar-refractivity contribution in [3.8, 4) is 0 Å². The third kappa shape index (κ3) is 3.07. The van der Waals surface area contributed by atoms with E-state index in [2.05, 4.69) is 0 Å². The molecule has 84 valence electrons. The lowest BCUT2D eigenvalue weighted by atomic mass is 10.3. The summed E-state index contributed by atoms with van der Waals surface area (Å²) in [5.74, 6) is 0. The van der Waals surface area contributed by atoms with Crippen molar-refractivity contribution in [3.05, 3.63) is 28.7 Å². The Morgan fingerprint density at radius 1 is 1.40 bits per heavy atom. The Bertz CT molecular complexity index is 356. The molecule has 1 aromatic rings. The average molecular weight is 212 g/mol. The summed E-state index contributed by atoms with van der Waals surface area (Å²) in [4.78, 5) is 11.1. The molecule has 0 saturated carbocycles. The smallest absolute Gasteiger partial charge is 0.204 e. The van der Waals surface area contributed by atoms with Crippen molar-refractivity contribution >= 4 is 5.69 Å². The van der Waals surface area contributed by atoms with Crippen LogP contribution in [0.4, 0.5) is 5.69 Å². The van der Waals surface area contributed by atoms with Crippen LogP contribution in [0.15, 0.2) is 23.3 Å². The van der Waals surface area contributed by atoms with Crippen LogP contribution < -0.4 is 11.2 Å². The van der Waals surface area contributed by atoms with Gasteiger partial charge in [-0.3, -0.25) is 4.79 Å². The summed E-state index contributed by atoms with van der Waals surface area (Å²) in [5.41, 5.74) is 5.60. The third-order valence-electron chi connectivity index (χ3n) is 2.11. The number of hydrogen-bond donors (Lipinski definition) is 1. The van der Waals surface area contributed by atoms with E-state index in [9.17, 15) is 4.79 Å². The summed E-state index contributed by atoms with van der Waals surface area (Å²) in [7, 11) is 3.24. The number of anilines is 1. The van der Waals surface area contributed by atoms with Gasteiger partial charge in [0.2, 0.25) is 5.43 Å². The van der Waals surface area contributed by atoms with Crippen LogP contribution in [-0.2, 0) is 9.47 Å². The molecule has 0 saturated heterocycles. The number of hydrogen-bond acceptors (Lipinski definition) is 4. The predicted molar refractivity (Wildman–Crippen MR) is 57.9 cm³/mol. The second-order valence-electron chi connectivity index (χ2n) is 3.28. The number of nitrogens with two attached hydrogens (primary N) is 1. The molecule has 0 aliphatic heterocycles. The molecule has 0 aliphatic carbocycles. The molecule has 2 N–H and O–H groups in total. The zero-order valence-corrected chi connectivity index (χ0v) is 8.97. The van der Waals surface area contributed by atoms with Crippen molar-refractivity contribution < 1.29 is 9.47 Å². The van der Waals surface area contributed by atoms with E-state index < -0.39 is 0 Å². The molecule has 0 bridgehead atoms. The van der Waals surface area contributed by atoms with Gasteiger partial charge in [-0.15, -0.1) is 0 Å². The van der Waals surface area contributed by atoms with Crippen LogP contribution >= 0.6 is 0 Å². The highest BCUT2D eigenvalue weighted by Gasteiger charge is 2.09. The maximum absolute atomic E-state index is 11.1. The van der Waals surface area contributed by atoms with Gasteiger partial charge in [-0.2, -0.15) is 0 Å². The predicted octanol–water partition coefficient (Wildman–Crippen LogP) is 0.264. The molecule has 0 aromatic carbocycles. The first-order chi connectivity index (χ1) is 7.19.